The smallest absolute Gasteiger partial charge is 0.0540 e. The first kappa shape index (κ1) is 32.2. The zero-order chi connectivity index (χ0) is 36.4. The van der Waals surface area contributed by atoms with Gasteiger partial charge in [0.2, 0.25) is 0 Å². The first-order valence-corrected chi connectivity index (χ1v) is 19.0. The van der Waals surface area contributed by atoms with Gasteiger partial charge in [0.1, 0.15) is 0 Å². The van der Waals surface area contributed by atoms with Gasteiger partial charge in [-0.25, -0.2) is 0 Å². The lowest BCUT2D eigenvalue weighted by Gasteiger charge is -2.30. The minimum absolute atomic E-state index is 0.115. The maximum Gasteiger partial charge on any atom is 0.0540 e. The molecule has 258 valence electrons. The highest BCUT2D eigenvalue weighted by Crippen LogP contribution is 2.57. The van der Waals surface area contributed by atoms with Crippen LogP contribution in [0, 0.1) is 0 Å². The summed E-state index contributed by atoms with van der Waals surface area (Å²) in [6.07, 6.45) is 0. The van der Waals surface area contributed by atoms with Crippen LogP contribution < -0.4 is 4.90 Å². The van der Waals surface area contributed by atoms with Gasteiger partial charge in [0.25, 0.3) is 0 Å². The standard InChI is InChI=1S/C53H41N/c1-52(2)46-25-13-10-21-41(46)42-34-33-40(35-49(42)52)54(39-31-29-37(30-32-39)36-17-6-4-7-18-36)50-28-15-12-22-43(50)44-24-16-27-48-51(44)45-23-11-14-26-47(45)53(48,3)38-19-8-5-9-20-38/h4-35H,1-3H3/t53-/m0/s1. The Labute approximate surface area is 318 Å². The maximum absolute atomic E-state index is 2.47. The van der Waals surface area contributed by atoms with Gasteiger partial charge in [0, 0.05) is 27.8 Å². The van der Waals surface area contributed by atoms with Crippen molar-refractivity contribution in [1.29, 1.82) is 0 Å². The van der Waals surface area contributed by atoms with Crippen LogP contribution in [0.15, 0.2) is 194 Å². The number of rotatable bonds is 6. The molecule has 8 aromatic carbocycles. The van der Waals surface area contributed by atoms with Gasteiger partial charge in [-0.1, -0.05) is 178 Å². The molecule has 8 aromatic rings. The number of para-hydroxylation sites is 1. The molecule has 1 heteroatoms. The van der Waals surface area contributed by atoms with Gasteiger partial charge in [-0.3, -0.25) is 0 Å². The van der Waals surface area contributed by atoms with Crippen molar-refractivity contribution in [3.05, 3.63) is 222 Å². The molecule has 0 amide bonds. The van der Waals surface area contributed by atoms with E-state index in [1.807, 2.05) is 0 Å². The van der Waals surface area contributed by atoms with Gasteiger partial charge in [0.05, 0.1) is 5.69 Å². The molecule has 2 aliphatic carbocycles. The van der Waals surface area contributed by atoms with Crippen molar-refractivity contribution in [2.24, 2.45) is 0 Å². The molecule has 0 aliphatic heterocycles. The quantitative estimate of drug-likeness (QED) is 0.168. The van der Waals surface area contributed by atoms with E-state index in [1.54, 1.807) is 0 Å². The summed E-state index contributed by atoms with van der Waals surface area (Å²) in [5, 5.41) is 0. The predicted octanol–water partition coefficient (Wildman–Crippen LogP) is 14.1. The van der Waals surface area contributed by atoms with E-state index >= 15 is 0 Å². The van der Waals surface area contributed by atoms with E-state index < -0.39 is 0 Å². The zero-order valence-corrected chi connectivity index (χ0v) is 30.9. The molecule has 0 saturated carbocycles. The van der Waals surface area contributed by atoms with Crippen molar-refractivity contribution in [2.45, 2.75) is 31.6 Å². The van der Waals surface area contributed by atoms with Crippen LogP contribution in [0.3, 0.4) is 0 Å². The van der Waals surface area contributed by atoms with Crippen LogP contribution in [0.1, 0.15) is 48.6 Å². The second-order valence-electron chi connectivity index (χ2n) is 15.4. The van der Waals surface area contributed by atoms with Crippen molar-refractivity contribution >= 4 is 17.1 Å². The maximum atomic E-state index is 2.47. The average Bonchev–Trinajstić information content (AvgIpc) is 3.63. The largest absolute Gasteiger partial charge is 0.310 e. The first-order chi connectivity index (χ1) is 26.4. The highest BCUT2D eigenvalue weighted by molar-refractivity contribution is 5.99. The normalized spacial score (nSPS) is 15.9. The summed E-state index contributed by atoms with van der Waals surface area (Å²) < 4.78 is 0. The summed E-state index contributed by atoms with van der Waals surface area (Å²) in [6.45, 7) is 7.12. The fraction of sp³-hybridized carbons (Fsp3) is 0.0943. The SMILES string of the molecule is CC1(C)c2ccccc2-c2ccc(N(c3ccc(-c4ccccc4)cc3)c3ccccc3-c3cccc4c3-c3ccccc3[C@]4(C)c3ccccc3)cc21. The monoisotopic (exact) mass is 691 g/mol. The van der Waals surface area contributed by atoms with Crippen LogP contribution in [0.4, 0.5) is 17.1 Å². The number of hydrogen-bond acceptors (Lipinski definition) is 1. The van der Waals surface area contributed by atoms with E-state index in [0.717, 1.165) is 17.1 Å². The summed E-state index contributed by atoms with van der Waals surface area (Å²) in [6, 6.07) is 71.6. The van der Waals surface area contributed by atoms with Crippen molar-refractivity contribution < 1.29 is 0 Å². The Kier molecular flexibility index (Phi) is 7.35. The third kappa shape index (κ3) is 4.78. The number of nitrogens with zero attached hydrogens (tertiary/aromatic N) is 1. The topological polar surface area (TPSA) is 3.24 Å². The predicted molar refractivity (Wildman–Crippen MR) is 227 cm³/mol. The summed E-state index contributed by atoms with van der Waals surface area (Å²) in [5.74, 6) is 0. The van der Waals surface area contributed by atoms with E-state index in [1.165, 1.54) is 72.3 Å². The summed E-state index contributed by atoms with van der Waals surface area (Å²) in [4.78, 5) is 2.47. The molecule has 0 fully saturated rings. The van der Waals surface area contributed by atoms with Crippen molar-refractivity contribution in [3.8, 4) is 44.5 Å². The first-order valence-electron chi connectivity index (χ1n) is 19.0. The lowest BCUT2D eigenvalue weighted by Crippen LogP contribution is -2.22. The molecule has 1 atom stereocenters. The van der Waals surface area contributed by atoms with Crippen LogP contribution in [0.2, 0.25) is 0 Å². The van der Waals surface area contributed by atoms with Crippen LogP contribution in [-0.2, 0) is 10.8 Å². The third-order valence-corrected chi connectivity index (χ3v) is 12.2. The van der Waals surface area contributed by atoms with Gasteiger partial charge in [0.15, 0.2) is 0 Å². The Morgan fingerprint density at radius 1 is 0.352 bits per heavy atom. The third-order valence-electron chi connectivity index (χ3n) is 12.2. The minimum atomic E-state index is -0.272. The van der Waals surface area contributed by atoms with Crippen LogP contribution in [0.25, 0.3) is 44.5 Å². The molecule has 0 saturated heterocycles. The molecular formula is C53H41N. The van der Waals surface area contributed by atoms with Gasteiger partial charge in [-0.2, -0.15) is 0 Å². The molecule has 1 nitrogen and oxygen atoms in total. The van der Waals surface area contributed by atoms with Gasteiger partial charge in [-0.15, -0.1) is 0 Å². The molecule has 0 unspecified atom stereocenters. The molecule has 0 radical (unpaired) electrons. The number of anilines is 3. The molecule has 2 aliphatic rings. The van der Waals surface area contributed by atoms with E-state index in [4.69, 9.17) is 0 Å². The molecule has 10 rings (SSSR count). The van der Waals surface area contributed by atoms with E-state index in [2.05, 4.69) is 220 Å². The zero-order valence-electron chi connectivity index (χ0n) is 30.9. The molecule has 54 heavy (non-hydrogen) atoms. The summed E-state index contributed by atoms with van der Waals surface area (Å²) in [7, 11) is 0. The number of hydrogen-bond donors (Lipinski definition) is 0. The summed E-state index contributed by atoms with van der Waals surface area (Å²) >= 11 is 0. The molecule has 0 aromatic heterocycles. The van der Waals surface area contributed by atoms with Crippen LogP contribution in [-0.4, -0.2) is 0 Å². The van der Waals surface area contributed by atoms with Gasteiger partial charge < -0.3 is 4.90 Å². The number of benzene rings is 8. The Morgan fingerprint density at radius 3 is 1.65 bits per heavy atom. The Hall–Kier alpha value is -6.44. The Morgan fingerprint density at radius 2 is 0.889 bits per heavy atom. The highest BCUT2D eigenvalue weighted by Gasteiger charge is 2.42. The van der Waals surface area contributed by atoms with Crippen molar-refractivity contribution in [3.63, 3.8) is 0 Å². The molecule has 0 N–H and O–H groups in total. The molecule has 0 spiro atoms. The molecule has 0 bridgehead atoms. The fourth-order valence-corrected chi connectivity index (χ4v) is 9.44. The Bertz CT molecular complexity index is 2690. The molecular weight excluding hydrogens is 651 g/mol. The Balaban J connectivity index is 1.19. The average molecular weight is 692 g/mol. The number of fused-ring (bicyclic) bond motifs is 6. The van der Waals surface area contributed by atoms with E-state index in [-0.39, 0.29) is 10.8 Å². The minimum Gasteiger partial charge on any atom is -0.310 e. The summed E-state index contributed by atoms with van der Waals surface area (Å²) in [5.41, 5.74) is 19.9. The van der Waals surface area contributed by atoms with E-state index in [9.17, 15) is 0 Å². The van der Waals surface area contributed by atoms with Gasteiger partial charge in [-0.05, 0) is 104 Å². The van der Waals surface area contributed by atoms with Crippen molar-refractivity contribution in [2.75, 3.05) is 4.90 Å². The highest BCUT2D eigenvalue weighted by atomic mass is 15.1. The second-order valence-corrected chi connectivity index (χ2v) is 15.4. The van der Waals surface area contributed by atoms with Crippen LogP contribution in [0.5, 0.6) is 0 Å². The molecule has 0 heterocycles. The fourth-order valence-electron chi connectivity index (χ4n) is 9.44. The lowest BCUT2D eigenvalue weighted by molar-refractivity contribution is 0.660. The lowest BCUT2D eigenvalue weighted by atomic mass is 9.74. The second kappa shape index (κ2) is 12.3. The van der Waals surface area contributed by atoms with Gasteiger partial charge >= 0.3 is 0 Å². The van der Waals surface area contributed by atoms with Crippen LogP contribution >= 0.6 is 0 Å². The van der Waals surface area contributed by atoms with E-state index in [0.29, 0.717) is 0 Å². The van der Waals surface area contributed by atoms with Crippen molar-refractivity contribution in [1.82, 2.24) is 0 Å².